The van der Waals surface area contributed by atoms with E-state index in [2.05, 4.69) is 4.99 Å². The van der Waals surface area contributed by atoms with E-state index in [9.17, 15) is 14.7 Å². The van der Waals surface area contributed by atoms with Crippen LogP contribution >= 0.6 is 23.2 Å². The zero-order valence-electron chi connectivity index (χ0n) is 18.1. The van der Waals surface area contributed by atoms with Crippen molar-refractivity contribution in [2.24, 2.45) is 22.1 Å². The molecule has 4 atom stereocenters. The smallest absolute Gasteiger partial charge is 0.321 e. The topological polar surface area (TPSA) is 102 Å². The molecule has 2 aromatic carbocycles. The second-order valence-electron chi connectivity index (χ2n) is 9.08. The number of carbonyl (C=O) groups is 2. The number of benzene rings is 2. The highest BCUT2D eigenvalue weighted by Crippen LogP contribution is 2.40. The molecule has 0 spiro atoms. The average Bonchev–Trinajstić information content (AvgIpc) is 2.90. The van der Waals surface area contributed by atoms with Crippen LogP contribution in [0.2, 0.25) is 10.0 Å². The standard InChI is InChI=1S/C24H26Cl2N2O4/c1-24(2,3)11-16(20(27)23(30)31)21(29)19-12-28-18-9-8-13(25)10-15(18)22(32-19)14-6-4-5-7-17(14)26/h4-10,12,16,19-20,22H,11,27H2,1-3H3,(H,30,31). The number of aliphatic carboxylic acids is 1. The van der Waals surface area contributed by atoms with Gasteiger partial charge in [-0.15, -0.1) is 0 Å². The van der Waals surface area contributed by atoms with E-state index in [1.807, 2.05) is 26.8 Å². The fraction of sp³-hybridized carbons (Fsp3) is 0.375. The molecule has 1 aliphatic rings. The maximum Gasteiger partial charge on any atom is 0.321 e. The van der Waals surface area contributed by atoms with E-state index in [-0.39, 0.29) is 11.8 Å². The van der Waals surface area contributed by atoms with Crippen LogP contribution in [0.4, 0.5) is 5.69 Å². The Hall–Kier alpha value is -2.25. The zero-order valence-corrected chi connectivity index (χ0v) is 19.6. The van der Waals surface area contributed by atoms with Gasteiger partial charge in [0, 0.05) is 33.3 Å². The highest BCUT2D eigenvalue weighted by molar-refractivity contribution is 6.31. The van der Waals surface area contributed by atoms with Gasteiger partial charge in [0.15, 0.2) is 11.9 Å². The molecule has 4 unspecified atom stereocenters. The number of nitrogens with zero attached hydrogens (tertiary/aromatic N) is 1. The number of aliphatic imine (C=N–C) groups is 1. The number of carboxylic acid groups (broad SMARTS) is 1. The molecule has 170 valence electrons. The highest BCUT2D eigenvalue weighted by atomic mass is 35.5. The molecule has 0 saturated carbocycles. The maximum atomic E-state index is 13.5. The monoisotopic (exact) mass is 476 g/mol. The Kier molecular flexibility index (Phi) is 7.40. The number of hydrogen-bond acceptors (Lipinski definition) is 5. The fourth-order valence-electron chi connectivity index (χ4n) is 3.77. The summed E-state index contributed by atoms with van der Waals surface area (Å²) in [4.78, 5) is 29.6. The molecule has 0 saturated heterocycles. The van der Waals surface area contributed by atoms with Crippen molar-refractivity contribution in [3.05, 3.63) is 63.6 Å². The summed E-state index contributed by atoms with van der Waals surface area (Å²) in [5.74, 6) is -2.63. The van der Waals surface area contributed by atoms with Crippen LogP contribution in [-0.4, -0.2) is 35.2 Å². The molecule has 8 heteroatoms. The Balaban J connectivity index is 2.05. The van der Waals surface area contributed by atoms with Crippen molar-refractivity contribution in [2.75, 3.05) is 0 Å². The van der Waals surface area contributed by atoms with E-state index in [0.717, 1.165) is 0 Å². The molecule has 0 fully saturated rings. The molecule has 3 rings (SSSR count). The number of carboxylic acids is 1. The van der Waals surface area contributed by atoms with E-state index in [0.29, 0.717) is 26.9 Å². The van der Waals surface area contributed by atoms with E-state index >= 15 is 0 Å². The van der Waals surface area contributed by atoms with Crippen LogP contribution < -0.4 is 5.73 Å². The number of rotatable bonds is 6. The first kappa shape index (κ1) is 24.4. The Morgan fingerprint density at radius 1 is 1.16 bits per heavy atom. The van der Waals surface area contributed by atoms with E-state index < -0.39 is 35.9 Å². The Morgan fingerprint density at radius 3 is 2.47 bits per heavy atom. The summed E-state index contributed by atoms with van der Waals surface area (Å²) in [7, 11) is 0. The molecule has 3 N–H and O–H groups in total. The molecule has 1 heterocycles. The lowest BCUT2D eigenvalue weighted by Crippen LogP contribution is -2.47. The first-order valence-corrected chi connectivity index (χ1v) is 11.0. The van der Waals surface area contributed by atoms with Gasteiger partial charge in [0.2, 0.25) is 0 Å². The number of ether oxygens (including phenoxy) is 1. The van der Waals surface area contributed by atoms with E-state index in [1.165, 1.54) is 6.21 Å². The van der Waals surface area contributed by atoms with Crippen LogP contribution in [0.25, 0.3) is 0 Å². The summed E-state index contributed by atoms with van der Waals surface area (Å²) in [6.45, 7) is 5.77. The second kappa shape index (κ2) is 9.71. The van der Waals surface area contributed by atoms with Gasteiger partial charge in [0.1, 0.15) is 12.1 Å². The predicted molar refractivity (Wildman–Crippen MR) is 126 cm³/mol. The van der Waals surface area contributed by atoms with Gasteiger partial charge in [-0.1, -0.05) is 62.2 Å². The second-order valence-corrected chi connectivity index (χ2v) is 9.92. The predicted octanol–water partition coefficient (Wildman–Crippen LogP) is 5.22. The van der Waals surface area contributed by atoms with Crippen LogP contribution in [0.5, 0.6) is 0 Å². The molecular formula is C24H26Cl2N2O4. The summed E-state index contributed by atoms with van der Waals surface area (Å²) in [6.07, 6.45) is -0.163. The number of carbonyl (C=O) groups excluding carboxylic acids is 1. The number of halogens is 2. The van der Waals surface area contributed by atoms with Gasteiger partial charge < -0.3 is 15.6 Å². The van der Waals surface area contributed by atoms with Crippen molar-refractivity contribution in [2.45, 2.75) is 45.4 Å². The summed E-state index contributed by atoms with van der Waals surface area (Å²) >= 11 is 12.7. The van der Waals surface area contributed by atoms with E-state index in [1.54, 1.807) is 36.4 Å². The van der Waals surface area contributed by atoms with Gasteiger partial charge in [0.25, 0.3) is 0 Å². The molecule has 2 aromatic rings. The summed E-state index contributed by atoms with van der Waals surface area (Å²) in [5, 5.41) is 10.5. The molecule has 6 nitrogen and oxygen atoms in total. The summed E-state index contributed by atoms with van der Waals surface area (Å²) < 4.78 is 6.26. The zero-order chi connectivity index (χ0) is 23.6. The number of nitrogens with two attached hydrogens (primary N) is 1. The number of ketones is 1. The van der Waals surface area contributed by atoms with Crippen LogP contribution in [0.15, 0.2) is 47.5 Å². The quantitative estimate of drug-likeness (QED) is 0.594. The minimum Gasteiger partial charge on any atom is -0.480 e. The number of Topliss-reactive ketones (excluding diaryl/α,β-unsaturated/α-hetero) is 1. The molecule has 0 amide bonds. The van der Waals surface area contributed by atoms with Crippen LogP contribution in [0.3, 0.4) is 0 Å². The van der Waals surface area contributed by atoms with Crippen molar-refractivity contribution in [1.29, 1.82) is 0 Å². The third-order valence-corrected chi connectivity index (χ3v) is 5.87. The lowest BCUT2D eigenvalue weighted by atomic mass is 9.78. The third kappa shape index (κ3) is 5.56. The Morgan fingerprint density at radius 2 is 1.84 bits per heavy atom. The molecule has 0 radical (unpaired) electrons. The SMILES string of the molecule is CC(C)(C)CC(C(=O)C1C=Nc2ccc(Cl)cc2C(c2ccccc2Cl)O1)C(N)C(=O)O. The van der Waals surface area contributed by atoms with Gasteiger partial charge in [-0.25, -0.2) is 0 Å². The van der Waals surface area contributed by atoms with Crippen molar-refractivity contribution >= 4 is 46.9 Å². The van der Waals surface area contributed by atoms with Crippen molar-refractivity contribution < 1.29 is 19.4 Å². The molecular weight excluding hydrogens is 451 g/mol. The summed E-state index contributed by atoms with van der Waals surface area (Å²) in [6, 6.07) is 11.0. The van der Waals surface area contributed by atoms with Gasteiger partial charge in [-0.2, -0.15) is 0 Å². The van der Waals surface area contributed by atoms with Crippen molar-refractivity contribution in [3.8, 4) is 0 Å². The van der Waals surface area contributed by atoms with Gasteiger partial charge in [0.05, 0.1) is 5.69 Å². The largest absolute Gasteiger partial charge is 0.480 e. The summed E-state index contributed by atoms with van der Waals surface area (Å²) in [5.41, 5.74) is 7.50. The molecule has 0 bridgehead atoms. The average molecular weight is 477 g/mol. The molecule has 0 aromatic heterocycles. The van der Waals surface area contributed by atoms with Gasteiger partial charge >= 0.3 is 5.97 Å². The normalized spacial score (nSPS) is 20.2. The molecule has 0 aliphatic carbocycles. The minimum absolute atomic E-state index is 0.280. The maximum absolute atomic E-state index is 13.5. The first-order chi connectivity index (χ1) is 15.0. The van der Waals surface area contributed by atoms with Crippen LogP contribution in [0, 0.1) is 11.3 Å². The lowest BCUT2D eigenvalue weighted by Gasteiger charge is -2.30. The van der Waals surface area contributed by atoms with Crippen LogP contribution in [-0.2, 0) is 14.3 Å². The highest BCUT2D eigenvalue weighted by Gasteiger charge is 2.39. The number of hydrogen-bond donors (Lipinski definition) is 2. The number of fused-ring (bicyclic) bond motifs is 1. The van der Waals surface area contributed by atoms with Crippen molar-refractivity contribution in [1.82, 2.24) is 0 Å². The minimum atomic E-state index is -1.36. The van der Waals surface area contributed by atoms with Gasteiger partial charge in [-0.05, 0) is 36.1 Å². The van der Waals surface area contributed by atoms with Crippen molar-refractivity contribution in [3.63, 3.8) is 0 Å². The Bertz CT molecular complexity index is 1050. The Labute approximate surface area is 197 Å². The third-order valence-electron chi connectivity index (χ3n) is 5.29. The van der Waals surface area contributed by atoms with Gasteiger partial charge in [-0.3, -0.25) is 14.6 Å². The molecule has 1 aliphatic heterocycles. The lowest BCUT2D eigenvalue weighted by molar-refractivity contribution is -0.145. The first-order valence-electron chi connectivity index (χ1n) is 10.2. The van der Waals surface area contributed by atoms with E-state index in [4.69, 9.17) is 33.7 Å². The molecule has 32 heavy (non-hydrogen) atoms. The van der Waals surface area contributed by atoms with Crippen LogP contribution in [0.1, 0.15) is 44.4 Å². The fourth-order valence-corrected chi connectivity index (χ4v) is 4.19.